The SMILES string of the molecule is OC[C@H]1O[C@H]2C=C[C@H]3O[C@H]4[C@H](OCc5ccc6ccccc6c5)[C@H]5OCC=CC[C@@H]5O[C@@H]4C[C@@H]3O[C@@H]2C/C=C\[C@@H]1O. The van der Waals surface area contributed by atoms with Crippen LogP contribution < -0.4 is 0 Å². The van der Waals surface area contributed by atoms with Gasteiger partial charge in [0.15, 0.2) is 0 Å². The summed E-state index contributed by atoms with van der Waals surface area (Å²) in [5.41, 5.74) is 1.10. The highest BCUT2D eigenvalue weighted by atomic mass is 16.6. The summed E-state index contributed by atoms with van der Waals surface area (Å²) in [6.45, 7) is 0.675. The summed E-state index contributed by atoms with van der Waals surface area (Å²) in [6, 6.07) is 14.8. The van der Waals surface area contributed by atoms with Crippen molar-refractivity contribution in [2.24, 2.45) is 0 Å². The van der Waals surface area contributed by atoms with Crippen LogP contribution in [0.3, 0.4) is 0 Å². The van der Waals surface area contributed by atoms with Crippen LogP contribution in [0.5, 0.6) is 0 Å². The molecule has 0 bridgehead atoms. The van der Waals surface area contributed by atoms with Gasteiger partial charge in [0.1, 0.15) is 42.7 Å². The number of fused-ring (bicyclic) bond motifs is 5. The monoisotopic (exact) mass is 562 g/mol. The molecule has 5 aliphatic rings. The van der Waals surface area contributed by atoms with E-state index >= 15 is 0 Å². The molecule has 2 aromatic carbocycles. The van der Waals surface area contributed by atoms with Crippen LogP contribution in [0.2, 0.25) is 0 Å². The lowest BCUT2D eigenvalue weighted by Crippen LogP contribution is -2.64. The second kappa shape index (κ2) is 12.1. The summed E-state index contributed by atoms with van der Waals surface area (Å²) in [5.74, 6) is 0. The number of ether oxygens (including phenoxy) is 6. The first-order valence-corrected chi connectivity index (χ1v) is 14.8. The molecule has 0 aliphatic carbocycles. The molecule has 0 unspecified atom stereocenters. The van der Waals surface area contributed by atoms with E-state index in [2.05, 4.69) is 42.5 Å². The van der Waals surface area contributed by atoms with Crippen LogP contribution in [-0.4, -0.2) is 90.6 Å². The van der Waals surface area contributed by atoms with Crippen LogP contribution in [0.15, 0.2) is 78.9 Å². The Morgan fingerprint density at radius 3 is 2.44 bits per heavy atom. The fourth-order valence-electron chi connectivity index (χ4n) is 6.72. The van der Waals surface area contributed by atoms with E-state index in [1.54, 1.807) is 6.08 Å². The quantitative estimate of drug-likeness (QED) is 0.548. The predicted octanol–water partition coefficient (Wildman–Crippen LogP) is 3.39. The Balaban J connectivity index is 1.12. The topological polar surface area (TPSA) is 95.8 Å². The van der Waals surface area contributed by atoms with Gasteiger partial charge >= 0.3 is 0 Å². The Morgan fingerprint density at radius 1 is 0.756 bits per heavy atom. The molecule has 2 saturated heterocycles. The Morgan fingerprint density at radius 2 is 1.56 bits per heavy atom. The fourth-order valence-corrected chi connectivity index (χ4v) is 6.72. The first-order valence-electron chi connectivity index (χ1n) is 14.8. The predicted molar refractivity (Wildman–Crippen MR) is 151 cm³/mol. The minimum Gasteiger partial charge on any atom is -0.394 e. The summed E-state index contributed by atoms with van der Waals surface area (Å²) >= 11 is 0. The van der Waals surface area contributed by atoms with Crippen LogP contribution in [0.4, 0.5) is 0 Å². The second-order valence-electron chi connectivity index (χ2n) is 11.6. The first kappa shape index (κ1) is 27.4. The van der Waals surface area contributed by atoms with Crippen molar-refractivity contribution in [2.75, 3.05) is 13.2 Å². The van der Waals surface area contributed by atoms with Gasteiger partial charge in [-0.15, -0.1) is 0 Å². The van der Waals surface area contributed by atoms with E-state index in [1.165, 1.54) is 10.8 Å². The highest BCUT2D eigenvalue weighted by Gasteiger charge is 2.53. The molecule has 8 nitrogen and oxygen atoms in total. The Labute approximate surface area is 240 Å². The van der Waals surface area contributed by atoms with Crippen molar-refractivity contribution < 1.29 is 38.6 Å². The number of rotatable bonds is 4. The third-order valence-corrected chi connectivity index (χ3v) is 8.85. The third-order valence-electron chi connectivity index (χ3n) is 8.85. The van der Waals surface area contributed by atoms with Crippen LogP contribution in [-0.2, 0) is 35.0 Å². The van der Waals surface area contributed by atoms with E-state index < -0.39 is 18.3 Å². The molecule has 5 heterocycles. The zero-order valence-corrected chi connectivity index (χ0v) is 22.9. The summed E-state index contributed by atoms with van der Waals surface area (Å²) in [4.78, 5) is 0. The molecule has 41 heavy (non-hydrogen) atoms. The summed E-state index contributed by atoms with van der Waals surface area (Å²) < 4.78 is 39.0. The molecule has 11 atom stereocenters. The van der Waals surface area contributed by atoms with Crippen LogP contribution >= 0.6 is 0 Å². The lowest BCUT2D eigenvalue weighted by molar-refractivity contribution is -0.295. The van der Waals surface area contributed by atoms with Crippen molar-refractivity contribution in [1.82, 2.24) is 0 Å². The molecule has 2 fully saturated rings. The van der Waals surface area contributed by atoms with Crippen LogP contribution in [0.25, 0.3) is 10.8 Å². The normalized spacial score (nSPS) is 41.1. The van der Waals surface area contributed by atoms with E-state index in [4.69, 9.17) is 28.4 Å². The van der Waals surface area contributed by atoms with Gasteiger partial charge in [-0.25, -0.2) is 0 Å². The Hall–Kier alpha value is -2.40. The third kappa shape index (κ3) is 5.68. The van der Waals surface area contributed by atoms with Gasteiger partial charge in [0.25, 0.3) is 0 Å². The molecule has 8 heteroatoms. The molecule has 0 radical (unpaired) electrons. The Bertz CT molecular complexity index is 1290. The highest BCUT2D eigenvalue weighted by molar-refractivity contribution is 5.82. The van der Waals surface area contributed by atoms with Gasteiger partial charge in [-0.3, -0.25) is 0 Å². The summed E-state index contributed by atoms with van der Waals surface area (Å²) in [5, 5.41) is 22.5. The van der Waals surface area contributed by atoms with E-state index in [1.807, 2.05) is 30.4 Å². The lowest BCUT2D eigenvalue weighted by atomic mass is 9.87. The van der Waals surface area contributed by atoms with E-state index in [0.29, 0.717) is 26.1 Å². The summed E-state index contributed by atoms with van der Waals surface area (Å²) in [6.07, 6.45) is 9.64. The maximum atomic E-state index is 10.3. The lowest BCUT2D eigenvalue weighted by Gasteiger charge is -2.50. The van der Waals surface area contributed by atoms with Gasteiger partial charge < -0.3 is 38.6 Å². The first-order chi connectivity index (χ1) is 20.2. The number of benzene rings is 2. The van der Waals surface area contributed by atoms with Gasteiger partial charge in [0.2, 0.25) is 0 Å². The van der Waals surface area contributed by atoms with Crippen molar-refractivity contribution in [3.8, 4) is 0 Å². The van der Waals surface area contributed by atoms with Gasteiger partial charge in [0, 0.05) is 6.42 Å². The van der Waals surface area contributed by atoms with E-state index in [-0.39, 0.29) is 55.4 Å². The second-order valence-corrected chi connectivity index (χ2v) is 11.6. The smallest absolute Gasteiger partial charge is 0.115 e. The van der Waals surface area contributed by atoms with Crippen LogP contribution in [0, 0.1) is 0 Å². The van der Waals surface area contributed by atoms with Crippen molar-refractivity contribution in [2.45, 2.75) is 93.0 Å². The highest BCUT2D eigenvalue weighted by Crippen LogP contribution is 2.40. The maximum absolute atomic E-state index is 10.3. The van der Waals surface area contributed by atoms with E-state index in [9.17, 15) is 10.2 Å². The zero-order chi connectivity index (χ0) is 27.8. The molecule has 7 rings (SSSR count). The van der Waals surface area contributed by atoms with Crippen molar-refractivity contribution >= 4 is 10.8 Å². The molecule has 218 valence electrons. The number of hydrogen-bond donors (Lipinski definition) is 2. The molecular formula is C33H38O8. The molecule has 2 aromatic rings. The molecule has 2 N–H and O–H groups in total. The van der Waals surface area contributed by atoms with E-state index in [0.717, 1.165) is 12.0 Å². The minimum absolute atomic E-state index is 0.134. The maximum Gasteiger partial charge on any atom is 0.115 e. The van der Waals surface area contributed by atoms with Gasteiger partial charge in [-0.05, 0) is 35.2 Å². The molecule has 0 saturated carbocycles. The molecule has 0 spiro atoms. The molecule has 0 amide bonds. The van der Waals surface area contributed by atoms with Crippen molar-refractivity contribution in [3.63, 3.8) is 0 Å². The molecule has 5 aliphatic heterocycles. The van der Waals surface area contributed by atoms with Gasteiger partial charge in [-0.1, -0.05) is 72.9 Å². The van der Waals surface area contributed by atoms with Crippen molar-refractivity contribution in [1.29, 1.82) is 0 Å². The average Bonchev–Trinajstić information content (AvgIpc) is 3.32. The van der Waals surface area contributed by atoms with Gasteiger partial charge in [-0.2, -0.15) is 0 Å². The summed E-state index contributed by atoms with van der Waals surface area (Å²) in [7, 11) is 0. The average molecular weight is 563 g/mol. The number of aliphatic hydroxyl groups is 2. The molecular weight excluding hydrogens is 524 g/mol. The molecule has 0 aromatic heterocycles. The minimum atomic E-state index is -0.866. The van der Waals surface area contributed by atoms with Crippen molar-refractivity contribution in [3.05, 3.63) is 84.5 Å². The largest absolute Gasteiger partial charge is 0.394 e. The standard InChI is InChI=1S/C33H38O8/c34-18-30-23(35)8-5-10-24-25(39-30)13-14-26-28(38-24)17-29-32(41-26)33(31-27(40-29)9-3-4-15-36-31)37-19-20-11-12-21-6-1-2-7-22(21)16-20/h1-8,11-14,16,23-35H,9-10,15,17-19H2/b8-5-/t23-,24+,25-,26+,27-,28-,29+,30+,31-,32+,33+/m0/s1. The van der Waals surface area contributed by atoms with Crippen LogP contribution in [0.1, 0.15) is 24.8 Å². The fraction of sp³-hybridized carbons (Fsp3) is 0.515. The number of aliphatic hydroxyl groups excluding tert-OH is 2. The Kier molecular flexibility index (Phi) is 8.08. The number of hydrogen-bond acceptors (Lipinski definition) is 8. The zero-order valence-electron chi connectivity index (χ0n) is 22.9. The van der Waals surface area contributed by atoms with Gasteiger partial charge in [0.05, 0.1) is 44.2 Å².